The van der Waals surface area contributed by atoms with E-state index in [1.807, 2.05) is 0 Å². The van der Waals surface area contributed by atoms with Crippen molar-refractivity contribution in [3.63, 3.8) is 0 Å². The normalized spacial score (nSPS) is 15.6. The number of benzene rings is 2. The largest absolute Gasteiger partial charge is 0.0870 e. The molecule has 0 heterocycles. The van der Waals surface area contributed by atoms with E-state index in [0.717, 1.165) is 5.92 Å². The predicted octanol–water partition coefficient (Wildman–Crippen LogP) is 5.65. The van der Waals surface area contributed by atoms with Gasteiger partial charge in [0.15, 0.2) is 0 Å². The van der Waals surface area contributed by atoms with E-state index in [4.69, 9.17) is 0 Å². The molecule has 1 aliphatic rings. The molecule has 3 rings (SSSR count). The maximum atomic E-state index is 2.40. The van der Waals surface area contributed by atoms with Gasteiger partial charge >= 0.3 is 0 Å². The molecule has 0 saturated heterocycles. The minimum absolute atomic E-state index is 0.794. The zero-order valence-electron chi connectivity index (χ0n) is 11.5. The molecule has 1 saturated carbocycles. The van der Waals surface area contributed by atoms with Crippen LogP contribution in [-0.2, 0) is 0 Å². The summed E-state index contributed by atoms with van der Waals surface area (Å²) in [6, 6.07) is 17.7. The van der Waals surface area contributed by atoms with Gasteiger partial charge in [-0.2, -0.15) is 0 Å². The lowest BCUT2D eigenvalue weighted by molar-refractivity contribution is 0.420. The van der Waals surface area contributed by atoms with Gasteiger partial charge in [-0.05, 0) is 47.9 Å². The van der Waals surface area contributed by atoms with Gasteiger partial charge in [0.1, 0.15) is 0 Å². The SMILES string of the molecule is C/C=C/c1ccc(C2CCC2)cc1-c1ccccc1. The van der Waals surface area contributed by atoms with Crippen LogP contribution in [0.5, 0.6) is 0 Å². The molecule has 19 heavy (non-hydrogen) atoms. The smallest absolute Gasteiger partial charge is 0.0109 e. The van der Waals surface area contributed by atoms with Gasteiger partial charge in [0.25, 0.3) is 0 Å². The fraction of sp³-hybridized carbons (Fsp3) is 0.263. The van der Waals surface area contributed by atoms with Gasteiger partial charge in [-0.3, -0.25) is 0 Å². The Morgan fingerprint density at radius 1 is 1.00 bits per heavy atom. The Morgan fingerprint density at radius 3 is 2.42 bits per heavy atom. The molecule has 0 atom stereocenters. The number of hydrogen-bond acceptors (Lipinski definition) is 0. The van der Waals surface area contributed by atoms with Crippen LogP contribution < -0.4 is 0 Å². The summed E-state index contributed by atoms with van der Waals surface area (Å²) in [4.78, 5) is 0. The summed E-state index contributed by atoms with van der Waals surface area (Å²) in [6.07, 6.45) is 8.42. The molecule has 1 fully saturated rings. The summed E-state index contributed by atoms with van der Waals surface area (Å²) in [5.74, 6) is 0.794. The summed E-state index contributed by atoms with van der Waals surface area (Å²) >= 11 is 0. The van der Waals surface area contributed by atoms with Crippen molar-refractivity contribution in [2.24, 2.45) is 0 Å². The average Bonchev–Trinajstić information content (AvgIpc) is 2.40. The first-order chi connectivity index (χ1) is 9.38. The molecule has 0 spiro atoms. The molecule has 2 aromatic rings. The molecule has 0 heteroatoms. The monoisotopic (exact) mass is 248 g/mol. The van der Waals surface area contributed by atoms with Crippen molar-refractivity contribution in [2.75, 3.05) is 0 Å². The first-order valence-corrected chi connectivity index (χ1v) is 7.20. The summed E-state index contributed by atoms with van der Waals surface area (Å²) in [7, 11) is 0. The fourth-order valence-corrected chi connectivity index (χ4v) is 2.76. The van der Waals surface area contributed by atoms with Crippen LogP contribution in [0, 0.1) is 0 Å². The van der Waals surface area contributed by atoms with Crippen LogP contribution in [0.15, 0.2) is 54.6 Å². The summed E-state index contributed by atoms with van der Waals surface area (Å²) < 4.78 is 0. The molecule has 2 aromatic carbocycles. The van der Waals surface area contributed by atoms with E-state index in [1.165, 1.54) is 41.5 Å². The van der Waals surface area contributed by atoms with Gasteiger partial charge in [0, 0.05) is 0 Å². The highest BCUT2D eigenvalue weighted by Gasteiger charge is 2.20. The second-order valence-corrected chi connectivity index (χ2v) is 5.34. The Hall–Kier alpha value is -1.82. The zero-order chi connectivity index (χ0) is 13.1. The highest BCUT2D eigenvalue weighted by atomic mass is 14.2. The zero-order valence-corrected chi connectivity index (χ0v) is 11.5. The Kier molecular flexibility index (Phi) is 3.50. The van der Waals surface area contributed by atoms with Crippen molar-refractivity contribution in [3.8, 4) is 11.1 Å². The first-order valence-electron chi connectivity index (χ1n) is 7.20. The lowest BCUT2D eigenvalue weighted by Gasteiger charge is -2.26. The molecule has 96 valence electrons. The second-order valence-electron chi connectivity index (χ2n) is 5.34. The Labute approximate surface area is 115 Å². The Bertz CT molecular complexity index is 574. The van der Waals surface area contributed by atoms with Crippen LogP contribution >= 0.6 is 0 Å². The third-order valence-corrected chi connectivity index (χ3v) is 4.08. The lowest BCUT2D eigenvalue weighted by atomic mass is 9.79. The minimum atomic E-state index is 0.794. The molecule has 0 radical (unpaired) electrons. The molecule has 0 unspecified atom stereocenters. The third kappa shape index (κ3) is 2.49. The van der Waals surface area contributed by atoms with Crippen LogP contribution in [-0.4, -0.2) is 0 Å². The molecule has 0 N–H and O–H groups in total. The fourth-order valence-electron chi connectivity index (χ4n) is 2.76. The van der Waals surface area contributed by atoms with E-state index in [-0.39, 0.29) is 0 Å². The molecule has 0 amide bonds. The van der Waals surface area contributed by atoms with Gasteiger partial charge in [0.2, 0.25) is 0 Å². The highest BCUT2D eigenvalue weighted by Crippen LogP contribution is 2.38. The second kappa shape index (κ2) is 5.44. The molecule has 0 nitrogen and oxygen atoms in total. The van der Waals surface area contributed by atoms with E-state index in [9.17, 15) is 0 Å². The van der Waals surface area contributed by atoms with Gasteiger partial charge in [-0.15, -0.1) is 0 Å². The molecule has 0 bridgehead atoms. The summed E-state index contributed by atoms with van der Waals surface area (Å²) in [5.41, 5.74) is 5.51. The molecule has 0 aromatic heterocycles. The van der Waals surface area contributed by atoms with Crippen molar-refractivity contribution >= 4 is 6.08 Å². The number of rotatable bonds is 3. The van der Waals surface area contributed by atoms with Gasteiger partial charge in [0.05, 0.1) is 0 Å². The van der Waals surface area contributed by atoms with E-state index in [0.29, 0.717) is 0 Å². The third-order valence-electron chi connectivity index (χ3n) is 4.08. The van der Waals surface area contributed by atoms with Gasteiger partial charge in [-0.1, -0.05) is 67.1 Å². The maximum absolute atomic E-state index is 2.40. The molecule has 0 aliphatic heterocycles. The average molecular weight is 248 g/mol. The Balaban J connectivity index is 2.07. The van der Waals surface area contributed by atoms with Crippen molar-refractivity contribution in [2.45, 2.75) is 32.1 Å². The number of allylic oxidation sites excluding steroid dienone is 1. The Morgan fingerprint density at radius 2 is 1.79 bits per heavy atom. The van der Waals surface area contributed by atoms with Gasteiger partial charge < -0.3 is 0 Å². The first kappa shape index (κ1) is 12.2. The standard InChI is InChI=1S/C19H20/c1-2-7-16-12-13-18(15-10-6-11-15)14-19(16)17-8-4-3-5-9-17/h2-5,7-9,12-15H,6,10-11H2,1H3/b7-2+. The minimum Gasteiger partial charge on any atom is -0.0870 e. The number of hydrogen-bond donors (Lipinski definition) is 0. The van der Waals surface area contributed by atoms with Crippen LogP contribution in [0.1, 0.15) is 43.2 Å². The summed E-state index contributed by atoms with van der Waals surface area (Å²) in [6.45, 7) is 2.08. The van der Waals surface area contributed by atoms with Crippen LogP contribution in [0.4, 0.5) is 0 Å². The van der Waals surface area contributed by atoms with Crippen LogP contribution in [0.25, 0.3) is 17.2 Å². The van der Waals surface area contributed by atoms with Crippen LogP contribution in [0.3, 0.4) is 0 Å². The van der Waals surface area contributed by atoms with Crippen molar-refractivity contribution in [1.29, 1.82) is 0 Å². The van der Waals surface area contributed by atoms with E-state index >= 15 is 0 Å². The van der Waals surface area contributed by atoms with E-state index < -0.39 is 0 Å². The quantitative estimate of drug-likeness (QED) is 0.658. The van der Waals surface area contributed by atoms with Crippen LogP contribution in [0.2, 0.25) is 0 Å². The lowest BCUT2D eigenvalue weighted by Crippen LogP contribution is -2.08. The molecular weight excluding hydrogens is 228 g/mol. The highest BCUT2D eigenvalue weighted by molar-refractivity contribution is 5.76. The van der Waals surface area contributed by atoms with E-state index in [1.54, 1.807) is 0 Å². The molecule has 1 aliphatic carbocycles. The van der Waals surface area contributed by atoms with E-state index in [2.05, 4.69) is 67.6 Å². The topological polar surface area (TPSA) is 0 Å². The van der Waals surface area contributed by atoms with Crippen molar-refractivity contribution in [1.82, 2.24) is 0 Å². The predicted molar refractivity (Wildman–Crippen MR) is 83.2 cm³/mol. The van der Waals surface area contributed by atoms with Crippen molar-refractivity contribution in [3.05, 3.63) is 65.7 Å². The summed E-state index contributed by atoms with van der Waals surface area (Å²) in [5, 5.41) is 0. The molecular formula is C19H20. The van der Waals surface area contributed by atoms with Gasteiger partial charge in [-0.25, -0.2) is 0 Å². The van der Waals surface area contributed by atoms with Crippen molar-refractivity contribution < 1.29 is 0 Å². The maximum Gasteiger partial charge on any atom is -0.0109 e.